The van der Waals surface area contributed by atoms with Gasteiger partial charge in [0.2, 0.25) is 5.88 Å². The Morgan fingerprint density at radius 2 is 2.09 bits per heavy atom. The minimum absolute atomic E-state index is 0.0663. The van der Waals surface area contributed by atoms with Gasteiger partial charge in [-0.1, -0.05) is 0 Å². The molecule has 1 saturated carbocycles. The zero-order valence-corrected chi connectivity index (χ0v) is 19.1. The lowest BCUT2D eigenvalue weighted by molar-refractivity contribution is -0.118. The van der Waals surface area contributed by atoms with E-state index >= 15 is 0 Å². The summed E-state index contributed by atoms with van der Waals surface area (Å²) in [7, 11) is 1.49. The maximum atomic E-state index is 14.6. The molecule has 11 nitrogen and oxygen atoms in total. The molecule has 1 unspecified atom stereocenters. The number of halogens is 1. The third kappa shape index (κ3) is 5.14. The Balaban J connectivity index is 1.16. The Labute approximate surface area is 200 Å². The molecule has 0 spiro atoms. The number of amides is 1. The number of fused-ring (bicyclic) bond motifs is 2. The number of hydrogen-bond donors (Lipinski definition) is 4. The van der Waals surface area contributed by atoms with Gasteiger partial charge in [-0.25, -0.2) is 24.3 Å². The van der Waals surface area contributed by atoms with Gasteiger partial charge in [0.05, 0.1) is 36.8 Å². The second kappa shape index (κ2) is 10.0. The summed E-state index contributed by atoms with van der Waals surface area (Å²) in [5, 5.41) is 20.1. The van der Waals surface area contributed by atoms with E-state index in [0.717, 1.165) is 6.42 Å². The Kier molecular flexibility index (Phi) is 6.66. The number of carbonyl (C=O) groups is 1. The maximum absolute atomic E-state index is 14.6. The standard InChI is InChI=1S/C23H26FN7O4/c1-34-20-10-27-17-5-3-15(24)14(21(17)31-20)9-26-16-4-2-12(6-18(16)32)25-7-13-8-28-23-22(29-13)30-19(33)11-35-23/h3,5,8,10,12,16,18,25-26,32H,2,4,6-7,9,11H2,1H3,(H,29,30,33)/t12-,16?,18+/m1/s1. The molecule has 0 saturated heterocycles. The van der Waals surface area contributed by atoms with Gasteiger partial charge >= 0.3 is 0 Å². The van der Waals surface area contributed by atoms with Crippen molar-refractivity contribution in [3.05, 3.63) is 41.6 Å². The number of nitrogens with one attached hydrogen (secondary N) is 3. The van der Waals surface area contributed by atoms with Gasteiger partial charge in [0.15, 0.2) is 12.4 Å². The number of carbonyl (C=O) groups excluding carboxylic acids is 1. The van der Waals surface area contributed by atoms with Gasteiger partial charge in [0.1, 0.15) is 11.3 Å². The Morgan fingerprint density at radius 3 is 2.91 bits per heavy atom. The van der Waals surface area contributed by atoms with Gasteiger partial charge in [-0.05, 0) is 31.4 Å². The number of benzene rings is 1. The number of rotatable bonds is 7. The van der Waals surface area contributed by atoms with Crippen LogP contribution in [0.25, 0.3) is 11.0 Å². The van der Waals surface area contributed by atoms with E-state index in [9.17, 15) is 14.3 Å². The maximum Gasteiger partial charge on any atom is 0.263 e. The fourth-order valence-electron chi connectivity index (χ4n) is 4.40. The largest absolute Gasteiger partial charge is 0.480 e. The summed E-state index contributed by atoms with van der Waals surface area (Å²) in [5.74, 6) is 0.291. The lowest BCUT2D eigenvalue weighted by Crippen LogP contribution is -2.48. The van der Waals surface area contributed by atoms with Crippen molar-refractivity contribution in [1.82, 2.24) is 30.6 Å². The minimum Gasteiger partial charge on any atom is -0.480 e. The van der Waals surface area contributed by atoms with Crippen LogP contribution in [-0.4, -0.2) is 62.9 Å². The van der Waals surface area contributed by atoms with Crippen LogP contribution in [0.15, 0.2) is 24.5 Å². The Bertz CT molecular complexity index is 1240. The summed E-state index contributed by atoms with van der Waals surface area (Å²) in [4.78, 5) is 28.7. The zero-order chi connectivity index (χ0) is 24.4. The Morgan fingerprint density at radius 1 is 1.20 bits per heavy atom. The third-order valence-electron chi connectivity index (χ3n) is 6.27. The van der Waals surface area contributed by atoms with Crippen LogP contribution in [0, 0.1) is 5.82 Å². The van der Waals surface area contributed by atoms with E-state index < -0.39 is 6.10 Å². The highest BCUT2D eigenvalue weighted by Crippen LogP contribution is 2.25. The fraction of sp³-hybridized carbons (Fsp3) is 0.435. The van der Waals surface area contributed by atoms with E-state index in [1.165, 1.54) is 19.4 Å². The van der Waals surface area contributed by atoms with Gasteiger partial charge in [-0.15, -0.1) is 0 Å². The second-order valence-corrected chi connectivity index (χ2v) is 8.60. The first-order valence-corrected chi connectivity index (χ1v) is 11.4. The van der Waals surface area contributed by atoms with E-state index in [-0.39, 0.29) is 37.0 Å². The van der Waals surface area contributed by atoms with Crippen LogP contribution in [-0.2, 0) is 17.9 Å². The average molecular weight is 484 g/mol. The van der Waals surface area contributed by atoms with Crippen LogP contribution in [0.4, 0.5) is 10.2 Å². The first kappa shape index (κ1) is 23.3. The molecule has 4 N–H and O–H groups in total. The molecule has 3 heterocycles. The van der Waals surface area contributed by atoms with Gasteiger partial charge in [0.25, 0.3) is 11.8 Å². The van der Waals surface area contributed by atoms with Crippen molar-refractivity contribution < 1.29 is 23.8 Å². The van der Waals surface area contributed by atoms with Gasteiger partial charge < -0.3 is 30.5 Å². The normalized spacial score (nSPS) is 21.8. The number of nitrogens with zero attached hydrogens (tertiary/aromatic N) is 4. The molecule has 5 rings (SSSR count). The van der Waals surface area contributed by atoms with Crippen LogP contribution in [0.5, 0.6) is 11.8 Å². The summed E-state index contributed by atoms with van der Waals surface area (Å²) in [6.45, 7) is 0.583. The van der Waals surface area contributed by atoms with Gasteiger partial charge in [-0.3, -0.25) is 4.79 Å². The Hall–Kier alpha value is -3.48. The lowest BCUT2D eigenvalue weighted by Gasteiger charge is -2.34. The predicted octanol–water partition coefficient (Wildman–Crippen LogP) is 1.06. The molecule has 3 atom stereocenters. The molecule has 1 aliphatic carbocycles. The highest BCUT2D eigenvalue weighted by molar-refractivity contribution is 5.93. The van der Waals surface area contributed by atoms with E-state index in [4.69, 9.17) is 9.47 Å². The molecule has 184 valence electrons. The van der Waals surface area contributed by atoms with Crippen molar-refractivity contribution in [3.8, 4) is 11.8 Å². The van der Waals surface area contributed by atoms with Crippen LogP contribution < -0.4 is 25.4 Å². The topological polar surface area (TPSA) is 143 Å². The highest BCUT2D eigenvalue weighted by Gasteiger charge is 2.29. The lowest BCUT2D eigenvalue weighted by atomic mass is 9.88. The summed E-state index contributed by atoms with van der Waals surface area (Å²) in [6.07, 6.45) is 4.54. The monoisotopic (exact) mass is 483 g/mol. The SMILES string of the molecule is COc1cnc2ccc(F)c(CNC3CC[C@@H](NCc4cnc5c(n4)NC(=O)CO5)C[C@@H]3O)c2n1. The molecule has 1 aromatic carbocycles. The summed E-state index contributed by atoms with van der Waals surface area (Å²) in [6, 6.07) is 2.85. The first-order chi connectivity index (χ1) is 17.0. The number of methoxy groups -OCH3 is 1. The van der Waals surface area contributed by atoms with Crippen molar-refractivity contribution in [2.75, 3.05) is 19.0 Å². The molecular formula is C23H26FN7O4. The number of aromatic nitrogens is 4. The molecule has 2 aromatic heterocycles. The van der Waals surface area contributed by atoms with Crippen molar-refractivity contribution in [1.29, 1.82) is 0 Å². The average Bonchev–Trinajstić information content (AvgIpc) is 2.87. The minimum atomic E-state index is -0.609. The molecule has 1 aliphatic heterocycles. The van der Waals surface area contributed by atoms with E-state index in [1.54, 1.807) is 12.3 Å². The predicted molar refractivity (Wildman–Crippen MR) is 123 cm³/mol. The van der Waals surface area contributed by atoms with Crippen molar-refractivity contribution in [2.24, 2.45) is 0 Å². The zero-order valence-electron chi connectivity index (χ0n) is 19.1. The number of anilines is 1. The summed E-state index contributed by atoms with van der Waals surface area (Å²) < 4.78 is 25.0. The molecule has 0 bridgehead atoms. The molecular weight excluding hydrogens is 457 g/mol. The van der Waals surface area contributed by atoms with Crippen molar-refractivity contribution >= 4 is 22.8 Å². The van der Waals surface area contributed by atoms with Crippen LogP contribution in [0.2, 0.25) is 0 Å². The van der Waals surface area contributed by atoms with E-state index in [1.807, 2.05) is 0 Å². The third-order valence-corrected chi connectivity index (χ3v) is 6.27. The summed E-state index contributed by atoms with van der Waals surface area (Å²) in [5.41, 5.74) is 2.07. The molecule has 1 amide bonds. The smallest absolute Gasteiger partial charge is 0.263 e. The van der Waals surface area contributed by atoms with Gasteiger partial charge in [-0.2, -0.15) is 0 Å². The van der Waals surface area contributed by atoms with Crippen molar-refractivity contribution in [2.45, 2.75) is 50.5 Å². The second-order valence-electron chi connectivity index (χ2n) is 8.60. The summed E-state index contributed by atoms with van der Waals surface area (Å²) >= 11 is 0. The molecule has 12 heteroatoms. The highest BCUT2D eigenvalue weighted by atomic mass is 19.1. The quantitative estimate of drug-likeness (QED) is 0.385. The molecule has 35 heavy (non-hydrogen) atoms. The first-order valence-electron chi connectivity index (χ1n) is 11.4. The molecule has 0 radical (unpaired) electrons. The van der Waals surface area contributed by atoms with Crippen molar-refractivity contribution in [3.63, 3.8) is 0 Å². The van der Waals surface area contributed by atoms with E-state index in [0.29, 0.717) is 59.3 Å². The van der Waals surface area contributed by atoms with Gasteiger partial charge in [0, 0.05) is 30.7 Å². The molecule has 3 aromatic rings. The van der Waals surface area contributed by atoms with Crippen LogP contribution >= 0.6 is 0 Å². The molecule has 2 aliphatic rings. The number of aliphatic hydroxyl groups excluding tert-OH is 1. The number of hydrogen-bond acceptors (Lipinski definition) is 10. The van der Waals surface area contributed by atoms with E-state index in [2.05, 4.69) is 35.9 Å². The number of ether oxygens (including phenoxy) is 2. The van der Waals surface area contributed by atoms with Crippen LogP contribution in [0.1, 0.15) is 30.5 Å². The fourth-order valence-corrected chi connectivity index (χ4v) is 4.40. The molecule has 1 fully saturated rings. The number of aliphatic hydroxyl groups is 1. The van der Waals surface area contributed by atoms with Crippen LogP contribution in [0.3, 0.4) is 0 Å².